The first kappa shape index (κ1) is 13.5. The molecule has 1 rings (SSSR count). The van der Waals surface area contributed by atoms with Crippen LogP contribution in [0.3, 0.4) is 0 Å². The Morgan fingerprint density at radius 2 is 2.29 bits per heavy atom. The van der Waals surface area contributed by atoms with E-state index in [0.717, 1.165) is 6.07 Å². The molecule has 0 fully saturated rings. The van der Waals surface area contributed by atoms with E-state index in [2.05, 4.69) is 0 Å². The Hall–Kier alpha value is -1.60. The lowest BCUT2D eigenvalue weighted by Crippen LogP contribution is -2.08. The van der Waals surface area contributed by atoms with Gasteiger partial charge >= 0.3 is 5.97 Å². The van der Waals surface area contributed by atoms with Crippen LogP contribution in [-0.2, 0) is 21.8 Å². The first-order valence-electron chi connectivity index (χ1n) is 5.05. The summed E-state index contributed by atoms with van der Waals surface area (Å²) < 4.78 is 18.3. The van der Waals surface area contributed by atoms with Crippen molar-refractivity contribution in [3.05, 3.63) is 34.6 Å². The van der Waals surface area contributed by atoms with Crippen LogP contribution in [0.1, 0.15) is 23.6 Å². The fourth-order valence-electron chi connectivity index (χ4n) is 1.44. The normalized spacial score (nSPS) is 9.76. The molecule has 17 heavy (non-hydrogen) atoms. The number of ether oxygens (including phenoxy) is 1. The maximum absolute atomic E-state index is 13.5. The average Bonchev–Trinajstić information content (AvgIpc) is 2.28. The molecule has 3 nitrogen and oxygen atoms in total. The maximum atomic E-state index is 13.5. The van der Waals surface area contributed by atoms with Crippen molar-refractivity contribution in [1.29, 1.82) is 5.26 Å². The highest BCUT2D eigenvalue weighted by Crippen LogP contribution is 2.18. The molecule has 1 aromatic rings. The molecule has 0 spiro atoms. The second kappa shape index (κ2) is 6.21. The molecule has 0 aliphatic carbocycles. The van der Waals surface area contributed by atoms with Gasteiger partial charge in [0, 0.05) is 5.88 Å². The minimum atomic E-state index is -0.662. The largest absolute Gasteiger partial charge is 0.466 e. The summed E-state index contributed by atoms with van der Waals surface area (Å²) in [7, 11) is 0. The second-order valence-corrected chi connectivity index (χ2v) is 3.61. The molecule has 0 amide bonds. The Kier molecular flexibility index (Phi) is 4.92. The van der Waals surface area contributed by atoms with Crippen molar-refractivity contribution in [1.82, 2.24) is 0 Å². The highest BCUT2D eigenvalue weighted by atomic mass is 35.5. The van der Waals surface area contributed by atoms with E-state index < -0.39 is 11.8 Å². The number of hydrogen-bond donors (Lipinski definition) is 0. The lowest BCUT2D eigenvalue weighted by molar-refractivity contribution is -0.142. The lowest BCUT2D eigenvalue weighted by atomic mass is 10.0. The highest BCUT2D eigenvalue weighted by molar-refractivity contribution is 6.17. The van der Waals surface area contributed by atoms with Gasteiger partial charge in [-0.1, -0.05) is 6.07 Å². The third-order valence-corrected chi connectivity index (χ3v) is 2.43. The number of benzene rings is 1. The van der Waals surface area contributed by atoms with Crippen molar-refractivity contribution >= 4 is 17.6 Å². The van der Waals surface area contributed by atoms with Crippen LogP contribution in [0, 0.1) is 17.1 Å². The lowest BCUT2D eigenvalue weighted by Gasteiger charge is -2.06. The number of carbonyl (C=O) groups is 1. The van der Waals surface area contributed by atoms with Gasteiger partial charge in [0.05, 0.1) is 18.6 Å². The molecule has 0 N–H and O–H groups in total. The van der Waals surface area contributed by atoms with Gasteiger partial charge < -0.3 is 4.74 Å². The Bertz CT molecular complexity index is 468. The molecule has 0 saturated heterocycles. The predicted octanol–water partition coefficient (Wildman–Crippen LogP) is 2.54. The quantitative estimate of drug-likeness (QED) is 0.614. The molecule has 0 bridgehead atoms. The van der Waals surface area contributed by atoms with Crippen LogP contribution in [0.5, 0.6) is 0 Å². The number of nitriles is 1. The molecule has 0 atom stereocenters. The van der Waals surface area contributed by atoms with Gasteiger partial charge in [-0.3, -0.25) is 4.79 Å². The van der Waals surface area contributed by atoms with Gasteiger partial charge in [-0.15, -0.1) is 11.6 Å². The van der Waals surface area contributed by atoms with Crippen LogP contribution in [0.25, 0.3) is 0 Å². The van der Waals surface area contributed by atoms with Gasteiger partial charge in [-0.2, -0.15) is 5.26 Å². The third kappa shape index (κ3) is 3.43. The molecule has 1 aromatic carbocycles. The molecule has 0 radical (unpaired) electrons. The van der Waals surface area contributed by atoms with Crippen molar-refractivity contribution < 1.29 is 13.9 Å². The summed E-state index contributed by atoms with van der Waals surface area (Å²) >= 11 is 5.62. The molecule has 0 aliphatic heterocycles. The van der Waals surface area contributed by atoms with E-state index in [1.807, 2.05) is 0 Å². The van der Waals surface area contributed by atoms with E-state index in [1.165, 1.54) is 0 Å². The third-order valence-electron chi connectivity index (χ3n) is 2.14. The fraction of sp³-hybridized carbons (Fsp3) is 0.333. The van der Waals surface area contributed by atoms with Crippen LogP contribution in [0.15, 0.2) is 12.1 Å². The summed E-state index contributed by atoms with van der Waals surface area (Å²) in [5.74, 6) is -1.07. The molecule has 0 aliphatic rings. The van der Waals surface area contributed by atoms with Gasteiger partial charge in [-0.25, -0.2) is 4.39 Å². The second-order valence-electron chi connectivity index (χ2n) is 3.34. The topological polar surface area (TPSA) is 50.1 Å². The Morgan fingerprint density at radius 1 is 1.59 bits per heavy atom. The molecule has 0 heterocycles. The maximum Gasteiger partial charge on any atom is 0.310 e. The van der Waals surface area contributed by atoms with E-state index in [4.69, 9.17) is 21.6 Å². The first-order chi connectivity index (χ1) is 8.12. The van der Waals surface area contributed by atoms with E-state index in [9.17, 15) is 9.18 Å². The zero-order valence-electron chi connectivity index (χ0n) is 9.30. The molecule has 5 heteroatoms. The number of halogens is 2. The minimum absolute atomic E-state index is 0.0243. The van der Waals surface area contributed by atoms with E-state index in [0.29, 0.717) is 11.1 Å². The van der Waals surface area contributed by atoms with Crippen LogP contribution in [0.2, 0.25) is 0 Å². The van der Waals surface area contributed by atoms with Crippen molar-refractivity contribution in [3.63, 3.8) is 0 Å². The molecule has 0 aromatic heterocycles. The van der Waals surface area contributed by atoms with Crippen LogP contribution in [-0.4, -0.2) is 12.6 Å². The number of rotatable bonds is 4. The van der Waals surface area contributed by atoms with E-state index in [-0.39, 0.29) is 24.5 Å². The Morgan fingerprint density at radius 3 is 2.82 bits per heavy atom. The van der Waals surface area contributed by atoms with Gasteiger partial charge in [0.25, 0.3) is 0 Å². The molecule has 0 unspecified atom stereocenters. The zero-order chi connectivity index (χ0) is 12.8. The Balaban J connectivity index is 3.00. The smallest absolute Gasteiger partial charge is 0.310 e. The van der Waals surface area contributed by atoms with E-state index in [1.54, 1.807) is 19.1 Å². The Labute approximate surface area is 104 Å². The van der Waals surface area contributed by atoms with Gasteiger partial charge in [0.15, 0.2) is 0 Å². The van der Waals surface area contributed by atoms with Crippen molar-refractivity contribution in [3.8, 4) is 6.07 Å². The number of esters is 1. The summed E-state index contributed by atoms with van der Waals surface area (Å²) in [6.07, 6.45) is -0.0274. The van der Waals surface area contributed by atoms with Gasteiger partial charge in [-0.05, 0) is 24.1 Å². The zero-order valence-corrected chi connectivity index (χ0v) is 10.1. The average molecular weight is 256 g/mol. The van der Waals surface area contributed by atoms with E-state index >= 15 is 0 Å². The molecule has 90 valence electrons. The summed E-state index contributed by atoms with van der Waals surface area (Å²) in [6, 6.07) is 4.45. The minimum Gasteiger partial charge on any atom is -0.466 e. The standard InChI is InChI=1S/C12H11ClFNO2/c1-2-17-12(16)5-8-3-9(6-13)10(7-15)11(14)4-8/h3-4H,2,5-6H2,1H3. The van der Waals surface area contributed by atoms with Crippen LogP contribution >= 0.6 is 11.6 Å². The van der Waals surface area contributed by atoms with Gasteiger partial charge in [0.2, 0.25) is 0 Å². The van der Waals surface area contributed by atoms with Crippen molar-refractivity contribution in [2.45, 2.75) is 19.2 Å². The monoisotopic (exact) mass is 255 g/mol. The summed E-state index contributed by atoms with van der Waals surface area (Å²) in [4.78, 5) is 11.2. The number of alkyl halides is 1. The molecular formula is C12H11ClFNO2. The first-order valence-corrected chi connectivity index (χ1v) is 5.58. The fourth-order valence-corrected chi connectivity index (χ4v) is 1.65. The molecule has 0 saturated carbocycles. The number of hydrogen-bond acceptors (Lipinski definition) is 3. The summed E-state index contributed by atoms with van der Waals surface area (Å²) in [6.45, 7) is 1.97. The summed E-state index contributed by atoms with van der Waals surface area (Å²) in [5.41, 5.74) is 0.761. The van der Waals surface area contributed by atoms with Gasteiger partial charge in [0.1, 0.15) is 11.9 Å². The predicted molar refractivity (Wildman–Crippen MR) is 61.0 cm³/mol. The SMILES string of the molecule is CCOC(=O)Cc1cc(F)c(C#N)c(CCl)c1. The molecular weight excluding hydrogens is 245 g/mol. The highest BCUT2D eigenvalue weighted by Gasteiger charge is 2.12. The van der Waals surface area contributed by atoms with Crippen LogP contribution in [0.4, 0.5) is 4.39 Å². The van der Waals surface area contributed by atoms with Crippen molar-refractivity contribution in [2.75, 3.05) is 6.61 Å². The number of nitrogens with zero attached hydrogens (tertiary/aromatic N) is 1. The number of carbonyl (C=O) groups excluding carboxylic acids is 1. The summed E-state index contributed by atoms with van der Waals surface area (Å²) in [5, 5.41) is 8.75. The van der Waals surface area contributed by atoms with Crippen LogP contribution < -0.4 is 0 Å². The van der Waals surface area contributed by atoms with Crippen molar-refractivity contribution in [2.24, 2.45) is 0 Å².